The molecule has 0 saturated heterocycles. The normalized spacial score (nSPS) is 15.7. The van der Waals surface area contributed by atoms with Crippen molar-refractivity contribution in [2.45, 2.75) is 31.5 Å². The molecule has 1 aliphatic rings. The molecule has 1 amide bonds. The molecule has 0 fully saturated rings. The van der Waals surface area contributed by atoms with Crippen LogP contribution in [0.5, 0.6) is 0 Å². The molecule has 1 aliphatic heterocycles. The van der Waals surface area contributed by atoms with Gasteiger partial charge in [-0.3, -0.25) is 4.79 Å². The summed E-state index contributed by atoms with van der Waals surface area (Å²) in [7, 11) is 0. The lowest BCUT2D eigenvalue weighted by atomic mass is 9.86. The van der Waals surface area contributed by atoms with Gasteiger partial charge in [0, 0.05) is 34.1 Å². The van der Waals surface area contributed by atoms with Gasteiger partial charge in [0.1, 0.15) is 17.7 Å². The third-order valence-electron chi connectivity index (χ3n) is 5.86. The van der Waals surface area contributed by atoms with Crippen molar-refractivity contribution in [3.63, 3.8) is 0 Å². The number of carboxylic acid groups (broad SMARTS) is 1. The number of amides is 1. The highest BCUT2D eigenvalue weighted by Gasteiger charge is 2.29. The molecule has 6 nitrogen and oxygen atoms in total. The smallest absolute Gasteiger partial charge is 0.430 e. The SMILES string of the molecule is C[C@@H](NC(=O)c1ccccc1[NH+]1C=CC=N1)[C@H](Cc1ccc(Cl)cc1)c1ccc(Cl)cc1.O=C([O-])C(F)(F)F. The van der Waals surface area contributed by atoms with Crippen LogP contribution in [0, 0.1) is 0 Å². The Bertz CT molecular complexity index is 1330. The summed E-state index contributed by atoms with van der Waals surface area (Å²) in [6, 6.07) is 23.1. The summed E-state index contributed by atoms with van der Waals surface area (Å²) in [4.78, 5) is 22.1. The van der Waals surface area contributed by atoms with Crippen molar-refractivity contribution in [3.8, 4) is 0 Å². The molecular formula is C28H24Cl2F3N3O3. The predicted octanol–water partition coefficient (Wildman–Crippen LogP) is 4.47. The van der Waals surface area contributed by atoms with Crippen molar-refractivity contribution < 1.29 is 32.9 Å². The highest BCUT2D eigenvalue weighted by atomic mass is 35.5. The Hall–Kier alpha value is -3.66. The molecule has 0 aromatic heterocycles. The van der Waals surface area contributed by atoms with E-state index in [1.54, 1.807) is 6.21 Å². The van der Waals surface area contributed by atoms with Crippen molar-refractivity contribution in [2.24, 2.45) is 5.10 Å². The molecular weight excluding hydrogens is 554 g/mol. The Morgan fingerprint density at radius 3 is 2.08 bits per heavy atom. The van der Waals surface area contributed by atoms with Crippen LogP contribution in [0.2, 0.25) is 10.0 Å². The molecule has 0 spiro atoms. The van der Waals surface area contributed by atoms with Gasteiger partial charge in [-0.15, -0.1) is 0 Å². The summed E-state index contributed by atoms with van der Waals surface area (Å²) in [6.45, 7) is 2.04. The van der Waals surface area contributed by atoms with Crippen LogP contribution in [-0.2, 0) is 11.2 Å². The largest absolute Gasteiger partial charge is 0.542 e. The second kappa shape index (κ2) is 13.4. The van der Waals surface area contributed by atoms with E-state index in [9.17, 15) is 18.0 Å². The second-order valence-corrected chi connectivity index (χ2v) is 9.48. The van der Waals surface area contributed by atoms with Gasteiger partial charge in [-0.05, 0) is 54.8 Å². The predicted molar refractivity (Wildman–Crippen MR) is 142 cm³/mol. The number of aliphatic carboxylic acids is 1. The monoisotopic (exact) mass is 577 g/mol. The quantitative estimate of drug-likeness (QED) is 0.434. The number of allylic oxidation sites excluding steroid dienone is 1. The highest BCUT2D eigenvalue weighted by molar-refractivity contribution is 6.30. The zero-order chi connectivity index (χ0) is 28.6. The second-order valence-electron chi connectivity index (χ2n) is 8.60. The van der Waals surface area contributed by atoms with Gasteiger partial charge in [-0.2, -0.15) is 18.2 Å². The topological polar surface area (TPSA) is 86.0 Å². The van der Waals surface area contributed by atoms with Crippen LogP contribution in [0.3, 0.4) is 0 Å². The van der Waals surface area contributed by atoms with Crippen molar-refractivity contribution in [2.75, 3.05) is 0 Å². The zero-order valence-corrected chi connectivity index (χ0v) is 22.1. The van der Waals surface area contributed by atoms with Crippen molar-refractivity contribution >= 4 is 47.0 Å². The molecule has 0 bridgehead atoms. The Kier molecular flexibility index (Phi) is 10.3. The van der Waals surface area contributed by atoms with Gasteiger partial charge in [0.25, 0.3) is 5.91 Å². The van der Waals surface area contributed by atoms with Gasteiger partial charge in [0.2, 0.25) is 0 Å². The van der Waals surface area contributed by atoms with Gasteiger partial charge in [-0.1, -0.05) is 64.7 Å². The number of carbonyl (C=O) groups is 2. The fraction of sp³-hybridized carbons (Fsp3) is 0.179. The number of hydrogen-bond donors (Lipinski definition) is 2. The first kappa shape index (κ1) is 29.9. The number of para-hydroxylation sites is 1. The highest BCUT2D eigenvalue weighted by Crippen LogP contribution is 2.27. The van der Waals surface area contributed by atoms with E-state index < -0.39 is 12.1 Å². The number of rotatable bonds is 7. The van der Waals surface area contributed by atoms with Crippen LogP contribution in [0.15, 0.2) is 90.2 Å². The molecule has 1 unspecified atom stereocenters. The molecule has 3 aromatic rings. The van der Waals surface area contributed by atoms with E-state index in [-0.39, 0.29) is 17.9 Å². The molecule has 2 N–H and O–H groups in total. The molecule has 3 aromatic carbocycles. The van der Waals surface area contributed by atoms with Crippen LogP contribution in [-0.4, -0.2) is 30.3 Å². The van der Waals surface area contributed by atoms with Gasteiger partial charge in [0.15, 0.2) is 5.69 Å². The summed E-state index contributed by atoms with van der Waals surface area (Å²) < 4.78 is 31.5. The Morgan fingerprint density at radius 2 is 1.54 bits per heavy atom. The molecule has 0 radical (unpaired) electrons. The van der Waals surface area contributed by atoms with Crippen LogP contribution in [0.4, 0.5) is 18.9 Å². The van der Waals surface area contributed by atoms with Crippen molar-refractivity contribution in [3.05, 3.63) is 112 Å². The standard InChI is InChI=1S/C26H23Cl2N3O.C2HF3O2/c1-18(30-26(32)23-5-2-3-6-25(23)31-16-4-15-29-31)24(20-9-13-22(28)14-10-20)17-19-7-11-21(27)12-8-19;3-2(4,5)1(6)7/h2-16,18,24H,17H2,1H3,(H,30,32);(H,6,7)/t18-,24+;/m1./s1. The van der Waals surface area contributed by atoms with Gasteiger partial charge >= 0.3 is 6.18 Å². The molecule has 204 valence electrons. The lowest BCUT2D eigenvalue weighted by Crippen LogP contribution is -2.96. The number of hydrogen-bond acceptors (Lipinski definition) is 4. The Morgan fingerprint density at radius 1 is 0.974 bits per heavy atom. The van der Waals surface area contributed by atoms with E-state index in [0.29, 0.717) is 15.6 Å². The van der Waals surface area contributed by atoms with Crippen molar-refractivity contribution in [1.82, 2.24) is 5.32 Å². The fourth-order valence-electron chi connectivity index (χ4n) is 3.92. The number of carboxylic acids is 1. The maximum atomic E-state index is 13.3. The van der Waals surface area contributed by atoms with E-state index in [1.165, 1.54) is 0 Å². The van der Waals surface area contributed by atoms with Crippen LogP contribution in [0.1, 0.15) is 34.3 Å². The molecule has 0 aliphatic carbocycles. The van der Waals surface area contributed by atoms with Crippen LogP contribution >= 0.6 is 23.2 Å². The fourth-order valence-corrected chi connectivity index (χ4v) is 4.17. The molecule has 11 heteroatoms. The third-order valence-corrected chi connectivity index (χ3v) is 6.37. The summed E-state index contributed by atoms with van der Waals surface area (Å²) in [5, 5.41) is 18.5. The summed E-state index contributed by atoms with van der Waals surface area (Å²) in [5.74, 6) is -3.07. The maximum absolute atomic E-state index is 13.3. The van der Waals surface area contributed by atoms with Crippen LogP contribution in [0.25, 0.3) is 0 Å². The Balaban J connectivity index is 0.000000532. The average molecular weight is 578 g/mol. The summed E-state index contributed by atoms with van der Waals surface area (Å²) in [6.07, 6.45) is 1.07. The minimum Gasteiger partial charge on any atom is -0.542 e. The number of benzene rings is 3. The minimum absolute atomic E-state index is 0.0570. The van der Waals surface area contributed by atoms with Gasteiger partial charge in [-0.25, -0.2) is 0 Å². The molecule has 1 heterocycles. The van der Waals surface area contributed by atoms with E-state index in [0.717, 1.165) is 28.2 Å². The number of carbonyl (C=O) groups excluding carboxylic acids is 2. The van der Waals surface area contributed by atoms with E-state index in [4.69, 9.17) is 33.1 Å². The number of quaternary nitrogens is 1. The van der Waals surface area contributed by atoms with E-state index >= 15 is 0 Å². The van der Waals surface area contributed by atoms with Gasteiger partial charge in [0.05, 0.1) is 6.21 Å². The molecule has 39 heavy (non-hydrogen) atoms. The summed E-state index contributed by atoms with van der Waals surface area (Å²) in [5.41, 5.74) is 3.70. The lowest BCUT2D eigenvalue weighted by molar-refractivity contribution is -0.779. The zero-order valence-electron chi connectivity index (χ0n) is 20.6. The van der Waals surface area contributed by atoms with E-state index in [1.807, 2.05) is 92.0 Å². The minimum atomic E-state index is -5.19. The first-order valence-electron chi connectivity index (χ1n) is 11.7. The Labute approximate surface area is 233 Å². The summed E-state index contributed by atoms with van der Waals surface area (Å²) >= 11 is 12.2. The first-order valence-corrected chi connectivity index (χ1v) is 12.5. The number of halogens is 5. The number of nitrogens with zero attached hydrogens (tertiary/aromatic N) is 1. The average Bonchev–Trinajstić information content (AvgIpc) is 3.44. The molecule has 0 saturated carbocycles. The molecule has 3 atom stereocenters. The molecule has 4 rings (SSSR count). The van der Waals surface area contributed by atoms with Crippen LogP contribution < -0.4 is 15.4 Å². The number of nitrogens with one attached hydrogen (secondary N) is 2. The number of alkyl halides is 3. The van der Waals surface area contributed by atoms with E-state index in [2.05, 4.69) is 10.4 Å². The maximum Gasteiger partial charge on any atom is 0.430 e. The van der Waals surface area contributed by atoms with Crippen molar-refractivity contribution in [1.29, 1.82) is 0 Å². The first-order chi connectivity index (χ1) is 18.5. The van der Waals surface area contributed by atoms with Gasteiger partial charge < -0.3 is 15.2 Å². The third kappa shape index (κ3) is 8.68. The lowest BCUT2D eigenvalue weighted by Gasteiger charge is -2.26.